The van der Waals surface area contributed by atoms with Crippen molar-refractivity contribution in [1.82, 2.24) is 25.4 Å². The number of benzene rings is 2. The number of hydrogen-bond donors (Lipinski definition) is 2. The highest BCUT2D eigenvalue weighted by Gasteiger charge is 2.64. The van der Waals surface area contributed by atoms with E-state index in [0.29, 0.717) is 64.7 Å². The summed E-state index contributed by atoms with van der Waals surface area (Å²) in [5, 5.41) is 5.60. The van der Waals surface area contributed by atoms with E-state index in [1.54, 1.807) is 30.3 Å². The molecule has 0 radical (unpaired) electrons. The maximum absolute atomic E-state index is 15.8. The SMILES string of the molecule is [2H]C1([2H])N(CC2CCN(c3ccc(C(=O)NC4C(C)(C)C(Oc5ccc([N+]#[C-])c(Cl)c5)C4(C)C)cn3)CC2)C([2H])([2H])C([2H])([2H])N(c2cc(F)c3c(c2)CN(C2CCC(=O)NC2=O)C3=O)C1([2H])[2H]. The number of piperidine rings is 2. The van der Waals surface area contributed by atoms with Crippen LogP contribution in [0.1, 0.15) is 90.6 Å². The van der Waals surface area contributed by atoms with Crippen molar-refractivity contribution in [3.63, 3.8) is 0 Å². The van der Waals surface area contributed by atoms with Gasteiger partial charge in [-0.05, 0) is 67.1 Å². The number of rotatable bonds is 9. The van der Waals surface area contributed by atoms with Gasteiger partial charge in [-0.1, -0.05) is 45.4 Å². The highest BCUT2D eigenvalue weighted by molar-refractivity contribution is 6.33. The standard InChI is InChI=1S/C44H50ClFN8O5/c1-43(2)41(44(3,4)42(43)59-30-7-8-33(47-5)31(45)22-30)50-38(56)27-6-10-35(48-23-27)53-14-12-26(13-15-53)24-51-16-18-52(19-17-51)29-20-28-25-54(40(58)37(28)32(46)21-29)34-9-11-36(55)49-39(34)57/h6-8,10,20-23,26,34,41-42H,9,11-19,24-25H2,1-4H3,(H,50,56)(H,49,55,57)/i16D2,17D2,18D2,19D2. The molecule has 2 N–H and O–H groups in total. The minimum Gasteiger partial charge on any atom is -0.489 e. The van der Waals surface area contributed by atoms with Crippen molar-refractivity contribution in [1.29, 1.82) is 0 Å². The highest BCUT2D eigenvalue weighted by atomic mass is 35.5. The van der Waals surface area contributed by atoms with E-state index in [4.69, 9.17) is 33.9 Å². The molecule has 1 atom stereocenters. The molecule has 0 bridgehead atoms. The lowest BCUT2D eigenvalue weighted by Crippen LogP contribution is -2.74. The van der Waals surface area contributed by atoms with Crippen LogP contribution in [0.4, 0.5) is 21.6 Å². The van der Waals surface area contributed by atoms with Gasteiger partial charge in [0, 0.05) is 92.8 Å². The second-order valence-electron chi connectivity index (χ2n) is 16.9. The fourth-order valence-corrected chi connectivity index (χ4v) is 9.59. The van der Waals surface area contributed by atoms with Crippen LogP contribution in [-0.4, -0.2) is 102 Å². The smallest absolute Gasteiger partial charge is 0.258 e. The van der Waals surface area contributed by atoms with Crippen LogP contribution >= 0.6 is 11.6 Å². The van der Waals surface area contributed by atoms with Crippen molar-refractivity contribution < 1.29 is 39.3 Å². The number of nitrogens with zero attached hydrogens (tertiary/aromatic N) is 6. The third-order valence-corrected chi connectivity index (χ3v) is 12.5. The van der Waals surface area contributed by atoms with E-state index in [1.165, 1.54) is 6.20 Å². The monoisotopic (exact) mass is 832 g/mol. The minimum atomic E-state index is -3.30. The van der Waals surface area contributed by atoms with Gasteiger partial charge in [0.2, 0.25) is 17.5 Å². The summed E-state index contributed by atoms with van der Waals surface area (Å²) in [5.41, 5.74) is -1.29. The number of anilines is 2. The summed E-state index contributed by atoms with van der Waals surface area (Å²) < 4.78 is 94.4. The Labute approximate surface area is 360 Å². The first kappa shape index (κ1) is 31.6. The molecule has 1 unspecified atom stereocenters. The summed E-state index contributed by atoms with van der Waals surface area (Å²) in [6, 6.07) is 8.74. The van der Waals surface area contributed by atoms with Gasteiger partial charge in [-0.25, -0.2) is 14.2 Å². The van der Waals surface area contributed by atoms with Gasteiger partial charge in [0.1, 0.15) is 29.5 Å². The lowest BCUT2D eigenvalue weighted by Gasteiger charge is -2.63. The number of hydrogen-bond acceptors (Lipinski definition) is 9. The summed E-state index contributed by atoms with van der Waals surface area (Å²) in [6.07, 6.45) is 1.92. The van der Waals surface area contributed by atoms with Gasteiger partial charge in [-0.2, -0.15) is 0 Å². The number of aromatic nitrogens is 1. The predicted octanol–water partition coefficient (Wildman–Crippen LogP) is 5.84. The van der Waals surface area contributed by atoms with Gasteiger partial charge in [0.25, 0.3) is 11.8 Å². The van der Waals surface area contributed by atoms with Crippen LogP contribution in [0.5, 0.6) is 5.75 Å². The van der Waals surface area contributed by atoms with Gasteiger partial charge >= 0.3 is 0 Å². The van der Waals surface area contributed by atoms with Crippen molar-refractivity contribution in [2.24, 2.45) is 16.7 Å². The molecule has 4 amide bonds. The average molecular weight is 833 g/mol. The van der Waals surface area contributed by atoms with Gasteiger partial charge < -0.3 is 24.8 Å². The Kier molecular flexibility index (Phi) is 8.43. The summed E-state index contributed by atoms with van der Waals surface area (Å²) in [7, 11) is 0. The van der Waals surface area contributed by atoms with Crippen LogP contribution in [0.15, 0.2) is 48.7 Å². The van der Waals surface area contributed by atoms with Gasteiger partial charge in [-0.3, -0.25) is 29.4 Å². The Morgan fingerprint density at radius 2 is 1.76 bits per heavy atom. The zero-order valence-electron chi connectivity index (χ0n) is 41.1. The highest BCUT2D eigenvalue weighted by Crippen LogP contribution is 2.55. The molecule has 15 heteroatoms. The second-order valence-corrected chi connectivity index (χ2v) is 17.3. The van der Waals surface area contributed by atoms with Crippen LogP contribution in [0, 0.1) is 29.1 Å². The first-order chi connectivity index (χ1) is 31.2. The lowest BCUT2D eigenvalue weighted by molar-refractivity contribution is -0.164. The van der Waals surface area contributed by atoms with E-state index in [-0.39, 0.29) is 54.4 Å². The van der Waals surface area contributed by atoms with E-state index in [2.05, 4.69) is 20.5 Å². The summed E-state index contributed by atoms with van der Waals surface area (Å²) in [5.74, 6) is -2.91. The Bertz CT molecular complexity index is 2550. The van der Waals surface area contributed by atoms with E-state index < -0.39 is 83.6 Å². The molecule has 5 aliphatic rings. The maximum Gasteiger partial charge on any atom is 0.258 e. The van der Waals surface area contributed by atoms with Crippen molar-refractivity contribution in [3.8, 4) is 5.75 Å². The third-order valence-electron chi connectivity index (χ3n) is 12.2. The van der Waals surface area contributed by atoms with Crippen LogP contribution in [0.25, 0.3) is 4.85 Å². The van der Waals surface area contributed by atoms with Crippen molar-refractivity contribution >= 4 is 52.4 Å². The first-order valence-electron chi connectivity index (χ1n) is 23.6. The lowest BCUT2D eigenvalue weighted by atomic mass is 9.49. The Hall–Kier alpha value is -5.26. The van der Waals surface area contributed by atoms with Crippen LogP contribution in [-0.2, 0) is 16.1 Å². The fourth-order valence-electron chi connectivity index (χ4n) is 9.38. The molecule has 1 saturated carbocycles. The molecule has 8 rings (SSSR count). The molecule has 2 aromatic carbocycles. The number of piperazine rings is 1. The quantitative estimate of drug-likeness (QED) is 0.202. The summed E-state index contributed by atoms with van der Waals surface area (Å²) in [6.45, 7) is 2.42. The van der Waals surface area contributed by atoms with Crippen LogP contribution in [0.3, 0.4) is 0 Å². The molecule has 3 saturated heterocycles. The van der Waals surface area contributed by atoms with E-state index >= 15 is 4.39 Å². The largest absolute Gasteiger partial charge is 0.489 e. The molecular formula is C44H50ClFN8O5. The minimum absolute atomic E-state index is 0.00571. The predicted molar refractivity (Wildman–Crippen MR) is 221 cm³/mol. The van der Waals surface area contributed by atoms with Crippen LogP contribution < -0.4 is 25.2 Å². The van der Waals surface area contributed by atoms with Crippen molar-refractivity contribution in [2.75, 3.05) is 55.4 Å². The van der Waals surface area contributed by atoms with E-state index in [0.717, 1.165) is 11.0 Å². The number of carbonyl (C=O) groups is 4. The van der Waals surface area contributed by atoms with Crippen molar-refractivity contribution in [2.45, 2.75) is 78.1 Å². The molecule has 310 valence electrons. The zero-order chi connectivity index (χ0) is 49.0. The number of fused-ring (bicyclic) bond motifs is 1. The van der Waals surface area contributed by atoms with Gasteiger partial charge in [0.05, 0.1) is 28.2 Å². The van der Waals surface area contributed by atoms with E-state index in [1.807, 2.05) is 32.6 Å². The number of ether oxygens (including phenoxy) is 1. The number of pyridine rings is 1. The number of amides is 4. The van der Waals surface area contributed by atoms with E-state index in [9.17, 15) is 19.2 Å². The molecule has 13 nitrogen and oxygen atoms in total. The normalized spacial score (nSPS) is 29.7. The molecular weight excluding hydrogens is 775 g/mol. The Morgan fingerprint density at radius 3 is 2.41 bits per heavy atom. The molecule has 59 heavy (non-hydrogen) atoms. The third kappa shape index (κ3) is 7.71. The number of nitrogens with one attached hydrogen (secondary N) is 2. The topological polar surface area (TPSA) is 132 Å². The Morgan fingerprint density at radius 1 is 1.03 bits per heavy atom. The number of halogens is 2. The van der Waals surface area contributed by atoms with Crippen molar-refractivity contribution in [3.05, 3.63) is 87.6 Å². The van der Waals surface area contributed by atoms with Crippen LogP contribution in [0.2, 0.25) is 5.02 Å². The number of imide groups is 1. The molecule has 4 aliphatic heterocycles. The molecule has 4 fully saturated rings. The zero-order valence-corrected chi connectivity index (χ0v) is 33.8. The summed E-state index contributed by atoms with van der Waals surface area (Å²) >= 11 is 6.24. The van der Waals surface area contributed by atoms with Gasteiger partial charge in [-0.15, -0.1) is 0 Å². The van der Waals surface area contributed by atoms with Gasteiger partial charge in [0.15, 0.2) is 0 Å². The maximum atomic E-state index is 15.8. The number of carbonyl (C=O) groups excluding carboxylic acids is 4. The average Bonchev–Trinajstić information content (AvgIpc) is 3.58. The Balaban J connectivity index is 0.907. The molecule has 1 aliphatic carbocycles. The molecule has 0 spiro atoms. The molecule has 1 aromatic heterocycles. The second kappa shape index (κ2) is 15.7. The first-order valence-corrected chi connectivity index (χ1v) is 19.9. The fraction of sp³-hybridized carbons (Fsp3) is 0.500. The molecule has 5 heterocycles. The molecule has 3 aromatic rings. The summed E-state index contributed by atoms with van der Waals surface area (Å²) in [4.78, 5) is 63.0.